The van der Waals surface area contributed by atoms with Gasteiger partial charge in [0.05, 0.1) is 18.2 Å². The minimum absolute atomic E-state index is 0.0529. The van der Waals surface area contributed by atoms with Crippen LogP contribution in [0.15, 0.2) is 53.5 Å². The van der Waals surface area contributed by atoms with Gasteiger partial charge in [0.1, 0.15) is 11.2 Å². The second-order valence-corrected chi connectivity index (χ2v) is 4.90. The summed E-state index contributed by atoms with van der Waals surface area (Å²) in [6.07, 6.45) is 4.76. The third-order valence-electron chi connectivity index (χ3n) is 3.42. The fraction of sp³-hybridized carbons (Fsp3) is 0. The summed E-state index contributed by atoms with van der Waals surface area (Å²) in [6, 6.07) is 8.70. The number of carbonyl (C=O) groups is 1. The lowest BCUT2D eigenvalue weighted by Gasteiger charge is -1.96. The zero-order valence-corrected chi connectivity index (χ0v) is 11.7. The molecule has 0 fully saturated rings. The summed E-state index contributed by atoms with van der Waals surface area (Å²) in [5.74, 6) is -0.740. The molecule has 4 rings (SSSR count). The van der Waals surface area contributed by atoms with Crippen LogP contribution in [-0.4, -0.2) is 31.0 Å². The van der Waals surface area contributed by atoms with E-state index < -0.39 is 5.97 Å². The molecule has 1 aromatic carbocycles. The summed E-state index contributed by atoms with van der Waals surface area (Å²) in [5.41, 5.74) is 3.64. The molecule has 3 heterocycles. The highest BCUT2D eigenvalue weighted by Crippen LogP contribution is 2.27. The number of H-pyrrole nitrogens is 1. The summed E-state index contributed by atoms with van der Waals surface area (Å²) < 4.78 is 5.70. The van der Waals surface area contributed by atoms with E-state index >= 15 is 0 Å². The van der Waals surface area contributed by atoms with Crippen molar-refractivity contribution < 1.29 is 14.3 Å². The van der Waals surface area contributed by atoms with Crippen LogP contribution in [0.4, 0.5) is 0 Å². The SMILES string of the molecule is O=C(O)c1cc(-c2nc3cc(-c4cnc[nH]4)ccc3o2)ccn1. The molecule has 0 aliphatic heterocycles. The highest BCUT2D eigenvalue weighted by atomic mass is 16.4. The molecular formula is C16H10N4O3. The maximum absolute atomic E-state index is 11.0. The van der Waals surface area contributed by atoms with Gasteiger partial charge in [-0.1, -0.05) is 0 Å². The predicted molar refractivity (Wildman–Crippen MR) is 81.8 cm³/mol. The molecule has 3 aromatic heterocycles. The number of nitrogens with zero attached hydrogens (tertiary/aromatic N) is 3. The van der Waals surface area contributed by atoms with Crippen molar-refractivity contribution in [2.24, 2.45) is 0 Å². The molecule has 0 bridgehead atoms. The van der Waals surface area contributed by atoms with Crippen molar-refractivity contribution in [2.45, 2.75) is 0 Å². The third kappa shape index (κ3) is 2.34. The summed E-state index contributed by atoms with van der Waals surface area (Å²) in [4.78, 5) is 26.3. The lowest BCUT2D eigenvalue weighted by Crippen LogP contribution is -1.99. The number of aromatic nitrogens is 4. The molecule has 0 saturated carbocycles. The third-order valence-corrected chi connectivity index (χ3v) is 3.42. The fourth-order valence-corrected chi connectivity index (χ4v) is 2.31. The maximum atomic E-state index is 11.0. The second kappa shape index (κ2) is 5.06. The first-order chi connectivity index (χ1) is 11.2. The molecule has 0 aliphatic rings. The summed E-state index contributed by atoms with van der Waals surface area (Å²) in [6.45, 7) is 0. The average Bonchev–Trinajstić information content (AvgIpc) is 3.23. The summed E-state index contributed by atoms with van der Waals surface area (Å²) in [5, 5.41) is 9.02. The van der Waals surface area contributed by atoms with E-state index in [1.54, 1.807) is 18.6 Å². The first-order valence-corrected chi connectivity index (χ1v) is 6.80. The first kappa shape index (κ1) is 13.2. The van der Waals surface area contributed by atoms with Gasteiger partial charge in [-0.15, -0.1) is 0 Å². The smallest absolute Gasteiger partial charge is 0.354 e. The van der Waals surface area contributed by atoms with E-state index in [0.29, 0.717) is 22.6 Å². The summed E-state index contributed by atoms with van der Waals surface area (Å²) in [7, 11) is 0. The Balaban J connectivity index is 1.80. The van der Waals surface area contributed by atoms with Gasteiger partial charge in [-0.25, -0.2) is 19.7 Å². The van der Waals surface area contributed by atoms with Crippen LogP contribution in [0, 0.1) is 0 Å². The van der Waals surface area contributed by atoms with Crippen LogP contribution in [0.2, 0.25) is 0 Å². The van der Waals surface area contributed by atoms with E-state index in [0.717, 1.165) is 11.3 Å². The van der Waals surface area contributed by atoms with E-state index in [1.165, 1.54) is 12.3 Å². The minimum atomic E-state index is -1.09. The van der Waals surface area contributed by atoms with Crippen molar-refractivity contribution in [3.05, 3.63) is 54.7 Å². The number of carboxylic acids is 1. The molecule has 7 nitrogen and oxygen atoms in total. The normalized spacial score (nSPS) is 11.0. The van der Waals surface area contributed by atoms with Gasteiger partial charge in [-0.3, -0.25) is 0 Å². The van der Waals surface area contributed by atoms with Crippen LogP contribution in [0.25, 0.3) is 33.8 Å². The number of fused-ring (bicyclic) bond motifs is 1. The Labute approximate surface area is 129 Å². The fourth-order valence-electron chi connectivity index (χ4n) is 2.31. The zero-order valence-electron chi connectivity index (χ0n) is 11.7. The molecule has 0 aliphatic carbocycles. The van der Waals surface area contributed by atoms with E-state index in [4.69, 9.17) is 9.52 Å². The van der Waals surface area contributed by atoms with E-state index in [2.05, 4.69) is 19.9 Å². The molecule has 7 heteroatoms. The molecular weight excluding hydrogens is 296 g/mol. The summed E-state index contributed by atoms with van der Waals surface area (Å²) >= 11 is 0. The molecule has 0 atom stereocenters. The van der Waals surface area contributed by atoms with Gasteiger partial charge >= 0.3 is 5.97 Å². The van der Waals surface area contributed by atoms with Gasteiger partial charge in [0.2, 0.25) is 5.89 Å². The molecule has 0 spiro atoms. The number of oxazole rings is 1. The number of hydrogen-bond acceptors (Lipinski definition) is 5. The number of nitrogens with one attached hydrogen (secondary N) is 1. The van der Waals surface area contributed by atoms with Gasteiger partial charge in [-0.05, 0) is 30.3 Å². The van der Waals surface area contributed by atoms with E-state index in [1.807, 2.05) is 18.2 Å². The standard InChI is InChI=1S/C16H10N4O3/c21-16(22)12-6-10(3-4-18-12)15-20-11-5-9(1-2-14(11)23-15)13-7-17-8-19-13/h1-8H,(H,17,19)(H,21,22). The number of hydrogen-bond donors (Lipinski definition) is 2. The molecule has 112 valence electrons. The van der Waals surface area contributed by atoms with E-state index in [-0.39, 0.29) is 5.69 Å². The lowest BCUT2D eigenvalue weighted by atomic mass is 10.1. The monoisotopic (exact) mass is 306 g/mol. The van der Waals surface area contributed by atoms with Gasteiger partial charge in [0, 0.05) is 17.3 Å². The Morgan fingerprint density at radius 1 is 1.17 bits per heavy atom. The maximum Gasteiger partial charge on any atom is 0.354 e. The van der Waals surface area contributed by atoms with Gasteiger partial charge < -0.3 is 14.5 Å². The molecule has 4 aromatic rings. The predicted octanol–water partition coefficient (Wildman–Crippen LogP) is 2.98. The molecule has 0 unspecified atom stereocenters. The van der Waals surface area contributed by atoms with Crippen LogP contribution < -0.4 is 0 Å². The number of aromatic carboxylic acids is 1. The Morgan fingerprint density at radius 3 is 2.87 bits per heavy atom. The number of aromatic amines is 1. The highest BCUT2D eigenvalue weighted by Gasteiger charge is 2.12. The molecule has 0 saturated heterocycles. The topological polar surface area (TPSA) is 105 Å². The highest BCUT2D eigenvalue weighted by molar-refractivity contribution is 5.87. The van der Waals surface area contributed by atoms with Crippen LogP contribution in [0.5, 0.6) is 0 Å². The molecule has 2 N–H and O–H groups in total. The van der Waals surface area contributed by atoms with Crippen molar-refractivity contribution in [3.8, 4) is 22.7 Å². The minimum Gasteiger partial charge on any atom is -0.477 e. The largest absolute Gasteiger partial charge is 0.477 e. The van der Waals surface area contributed by atoms with E-state index in [9.17, 15) is 4.79 Å². The lowest BCUT2D eigenvalue weighted by molar-refractivity contribution is 0.0690. The number of benzene rings is 1. The molecule has 23 heavy (non-hydrogen) atoms. The number of imidazole rings is 1. The van der Waals surface area contributed by atoms with Crippen molar-refractivity contribution in [1.82, 2.24) is 19.9 Å². The van der Waals surface area contributed by atoms with Crippen LogP contribution in [0.1, 0.15) is 10.5 Å². The Morgan fingerprint density at radius 2 is 2.09 bits per heavy atom. The second-order valence-electron chi connectivity index (χ2n) is 4.90. The van der Waals surface area contributed by atoms with Gasteiger partial charge in [-0.2, -0.15) is 0 Å². The van der Waals surface area contributed by atoms with Crippen molar-refractivity contribution in [3.63, 3.8) is 0 Å². The Bertz CT molecular complexity index is 1010. The van der Waals surface area contributed by atoms with Crippen molar-refractivity contribution >= 4 is 17.1 Å². The zero-order chi connectivity index (χ0) is 15.8. The first-order valence-electron chi connectivity index (χ1n) is 6.80. The van der Waals surface area contributed by atoms with Gasteiger partial charge in [0.25, 0.3) is 0 Å². The van der Waals surface area contributed by atoms with Gasteiger partial charge in [0.15, 0.2) is 5.58 Å². The Hall–Kier alpha value is -3.48. The molecule has 0 radical (unpaired) electrons. The number of rotatable bonds is 3. The average molecular weight is 306 g/mol. The van der Waals surface area contributed by atoms with Crippen LogP contribution in [-0.2, 0) is 0 Å². The van der Waals surface area contributed by atoms with Crippen molar-refractivity contribution in [2.75, 3.05) is 0 Å². The Kier molecular flexibility index (Phi) is 2.90. The quantitative estimate of drug-likeness (QED) is 0.603. The molecule has 0 amide bonds. The van der Waals surface area contributed by atoms with Crippen LogP contribution >= 0.6 is 0 Å². The number of carboxylic acid groups (broad SMARTS) is 1. The number of pyridine rings is 1. The van der Waals surface area contributed by atoms with Crippen LogP contribution in [0.3, 0.4) is 0 Å². The van der Waals surface area contributed by atoms with Crippen molar-refractivity contribution in [1.29, 1.82) is 0 Å².